The third kappa shape index (κ3) is 6.08. The van der Waals surface area contributed by atoms with E-state index in [1.807, 2.05) is 0 Å². The monoisotopic (exact) mass is 619 g/mol. The zero-order valence-corrected chi connectivity index (χ0v) is 23.8. The number of methoxy groups -OCH3 is 2. The van der Waals surface area contributed by atoms with Crippen molar-refractivity contribution in [2.75, 3.05) is 42.9 Å². The van der Waals surface area contributed by atoms with Gasteiger partial charge in [-0.05, 0) is 48.0 Å². The second-order valence-corrected chi connectivity index (χ2v) is 11.6. The second kappa shape index (κ2) is 11.2. The molecule has 0 heterocycles. The van der Waals surface area contributed by atoms with Crippen molar-refractivity contribution in [1.29, 1.82) is 0 Å². The van der Waals surface area contributed by atoms with E-state index >= 15 is 0 Å². The largest absolute Gasteiger partial charge is 0.508 e. The summed E-state index contributed by atoms with van der Waals surface area (Å²) in [4.78, 5) is 11.7. The Morgan fingerprint density at radius 3 is 2.07 bits per heavy atom. The third-order valence-corrected chi connectivity index (χ3v) is 7.74. The Hall–Kier alpha value is -4.84. The molecule has 0 atom stereocenters. The van der Waals surface area contributed by atoms with Gasteiger partial charge in [0.25, 0.3) is 20.2 Å². The van der Waals surface area contributed by atoms with Crippen LogP contribution in [0.1, 0.15) is 15.9 Å². The molecule has 0 saturated carbocycles. The maximum Gasteiger partial charge on any atom is 0.296 e. The van der Waals surface area contributed by atoms with Crippen molar-refractivity contribution in [3.63, 3.8) is 0 Å². The molecule has 0 saturated heterocycles. The highest BCUT2D eigenvalue weighted by Gasteiger charge is 2.35. The maximum absolute atomic E-state index is 13.3. The molecule has 17 heteroatoms. The molecule has 0 unspecified atom stereocenters. The highest BCUT2D eigenvalue weighted by molar-refractivity contribution is 7.91. The molecule has 1 aliphatic carbocycles. The molecule has 42 heavy (non-hydrogen) atoms. The van der Waals surface area contributed by atoms with Crippen molar-refractivity contribution in [3.8, 4) is 17.2 Å². The van der Waals surface area contributed by atoms with Crippen molar-refractivity contribution in [2.45, 2.75) is 4.90 Å². The number of aromatic hydroxyl groups is 1. The van der Waals surface area contributed by atoms with E-state index < -0.39 is 41.5 Å². The van der Waals surface area contributed by atoms with E-state index in [4.69, 9.17) is 15.2 Å². The topological polar surface area (TPSA) is 230 Å². The summed E-state index contributed by atoms with van der Waals surface area (Å²) in [6, 6.07) is 11.0. The van der Waals surface area contributed by atoms with Gasteiger partial charge in [-0.3, -0.25) is 29.8 Å². The van der Waals surface area contributed by atoms with Crippen LogP contribution in [0.2, 0.25) is 0 Å². The molecular weight excluding hydrogens is 594 g/mol. The molecule has 0 radical (unpaired) electrons. The van der Waals surface area contributed by atoms with Crippen LogP contribution in [0, 0.1) is 0 Å². The zero-order chi connectivity index (χ0) is 31.0. The number of ketones is 1. The molecule has 4 rings (SSSR count). The number of anilines is 4. The van der Waals surface area contributed by atoms with Gasteiger partial charge < -0.3 is 20.3 Å². The van der Waals surface area contributed by atoms with E-state index in [1.165, 1.54) is 38.5 Å². The number of carbonyl (C=O) groups excluding carboxylic acids is 1. The molecule has 3 aromatic rings. The van der Waals surface area contributed by atoms with Crippen LogP contribution < -0.4 is 31.1 Å². The molecule has 0 bridgehead atoms. The first-order valence-electron chi connectivity index (χ1n) is 11.7. The molecule has 3 aromatic carbocycles. The number of hydrazine groups is 1. The van der Waals surface area contributed by atoms with Gasteiger partial charge in [-0.2, -0.15) is 21.9 Å². The minimum atomic E-state index is -5.06. The van der Waals surface area contributed by atoms with Crippen LogP contribution in [0.15, 0.2) is 63.4 Å². The Balaban J connectivity index is 1.74. The smallest absolute Gasteiger partial charge is 0.296 e. The lowest BCUT2D eigenvalue weighted by molar-refractivity contribution is 0.106. The van der Waals surface area contributed by atoms with E-state index in [1.54, 1.807) is 24.2 Å². The highest BCUT2D eigenvalue weighted by Crippen LogP contribution is 2.38. The number of allylic oxidation sites excluding steroid dienone is 1. The zero-order valence-electron chi connectivity index (χ0n) is 22.2. The van der Waals surface area contributed by atoms with Crippen molar-refractivity contribution >= 4 is 60.6 Å². The Labute approximate surface area is 240 Å². The first kappa shape index (κ1) is 30.1. The molecular formula is C25H25N5O10S2. The fourth-order valence-corrected chi connectivity index (χ4v) is 5.25. The van der Waals surface area contributed by atoms with Gasteiger partial charge in [0, 0.05) is 24.9 Å². The Morgan fingerprint density at radius 1 is 0.905 bits per heavy atom. The lowest BCUT2D eigenvalue weighted by Crippen LogP contribution is -2.28. The molecule has 0 spiro atoms. The molecule has 0 aliphatic heterocycles. The lowest BCUT2D eigenvalue weighted by atomic mass is 9.93. The van der Waals surface area contributed by atoms with Crippen LogP contribution >= 0.6 is 0 Å². The number of phenols is 1. The lowest BCUT2D eigenvalue weighted by Gasteiger charge is -2.24. The summed E-state index contributed by atoms with van der Waals surface area (Å²) in [5, 5.41) is 15.1. The summed E-state index contributed by atoms with van der Waals surface area (Å²) < 4.78 is 77.6. The van der Waals surface area contributed by atoms with Gasteiger partial charge >= 0.3 is 0 Å². The number of nitrogens with two attached hydrogens (primary N) is 1. The van der Waals surface area contributed by atoms with Crippen molar-refractivity contribution < 1.29 is 45.3 Å². The molecule has 15 nitrogen and oxygen atoms in total. The minimum absolute atomic E-state index is 0.0981. The minimum Gasteiger partial charge on any atom is -0.508 e. The van der Waals surface area contributed by atoms with Crippen LogP contribution in [0.25, 0.3) is 6.08 Å². The van der Waals surface area contributed by atoms with E-state index in [0.717, 1.165) is 18.2 Å². The SMILES string of the molecule is COc1cc(NN(C)c2ccc(O)cc2)c(OC)cc1N/N=C1\C(=O)c2c(N)cc(S(=O)(=O)O)cc2C=C1S(=O)(=O)O. The number of fused-ring (bicyclic) bond motifs is 1. The number of rotatable bonds is 9. The molecule has 7 N–H and O–H groups in total. The fraction of sp³-hybridized carbons (Fsp3) is 0.120. The van der Waals surface area contributed by atoms with Crippen molar-refractivity contribution in [3.05, 3.63) is 64.6 Å². The molecule has 0 fully saturated rings. The number of ether oxygens (including phenoxy) is 2. The summed E-state index contributed by atoms with van der Waals surface area (Å²) >= 11 is 0. The fourth-order valence-electron chi connectivity index (χ4n) is 4.04. The van der Waals surface area contributed by atoms with E-state index in [9.17, 15) is 35.8 Å². The predicted molar refractivity (Wildman–Crippen MR) is 155 cm³/mol. The number of hydrazone groups is 1. The summed E-state index contributed by atoms with van der Waals surface area (Å²) in [7, 11) is -5.35. The first-order chi connectivity index (χ1) is 19.6. The van der Waals surface area contributed by atoms with Gasteiger partial charge in [-0.25, -0.2) is 0 Å². The molecule has 0 aromatic heterocycles. The summed E-state index contributed by atoms with van der Waals surface area (Å²) in [5.74, 6) is -0.496. The average Bonchev–Trinajstić information content (AvgIpc) is 2.91. The Kier molecular flexibility index (Phi) is 8.04. The number of nitrogen functional groups attached to an aromatic ring is 1. The number of nitrogens with zero attached hydrogens (tertiary/aromatic N) is 2. The predicted octanol–water partition coefficient (Wildman–Crippen LogP) is 2.59. The van der Waals surface area contributed by atoms with Crippen LogP contribution in [-0.4, -0.2) is 63.8 Å². The summed E-state index contributed by atoms with van der Waals surface area (Å²) in [5.41, 5.74) is 11.1. The number of nitrogens with one attached hydrogen (secondary N) is 2. The number of hydrogen-bond donors (Lipinski definition) is 6. The summed E-state index contributed by atoms with van der Waals surface area (Å²) in [6.07, 6.45) is 0.807. The van der Waals surface area contributed by atoms with Gasteiger partial charge in [0.1, 0.15) is 33.5 Å². The van der Waals surface area contributed by atoms with Crippen molar-refractivity contribution in [2.24, 2.45) is 5.10 Å². The van der Waals surface area contributed by atoms with Gasteiger partial charge in [-0.1, -0.05) is 0 Å². The normalized spacial score (nSPS) is 14.2. The highest BCUT2D eigenvalue weighted by atomic mass is 32.2. The standard InChI is InChI=1S/C25H25N5O10S2/c1-30(14-4-6-15(31)7-5-14)29-19-12-20(39-2)18(11-21(19)40-3)27-28-24-22(42(36,37)38)9-13-8-16(41(33,34)35)10-17(26)23(13)25(24)32/h4-12,27,29,31H,26H2,1-3H3,(H,33,34,35)(H,36,37,38)/b28-24-. The number of hydrogen-bond acceptors (Lipinski definition) is 13. The third-order valence-electron chi connectivity index (χ3n) is 6.05. The van der Waals surface area contributed by atoms with Crippen LogP contribution in [0.3, 0.4) is 0 Å². The molecule has 0 amide bonds. The Bertz CT molecular complexity index is 1850. The summed E-state index contributed by atoms with van der Waals surface area (Å²) in [6.45, 7) is 0. The number of benzene rings is 3. The molecule has 222 valence electrons. The van der Waals surface area contributed by atoms with Gasteiger partial charge in [0.05, 0.1) is 30.4 Å². The van der Waals surface area contributed by atoms with Gasteiger partial charge in [-0.15, -0.1) is 0 Å². The maximum atomic E-state index is 13.3. The van der Waals surface area contributed by atoms with Crippen LogP contribution in [0.5, 0.6) is 17.2 Å². The van der Waals surface area contributed by atoms with Gasteiger partial charge in [0.15, 0.2) is 5.71 Å². The first-order valence-corrected chi connectivity index (χ1v) is 14.6. The molecule has 1 aliphatic rings. The number of carbonyl (C=O) groups is 1. The Morgan fingerprint density at radius 2 is 1.50 bits per heavy atom. The van der Waals surface area contributed by atoms with Gasteiger partial charge in [0.2, 0.25) is 5.78 Å². The van der Waals surface area contributed by atoms with Crippen LogP contribution in [-0.2, 0) is 20.2 Å². The van der Waals surface area contributed by atoms with E-state index in [0.29, 0.717) is 11.4 Å². The van der Waals surface area contributed by atoms with E-state index in [-0.39, 0.29) is 39.8 Å². The van der Waals surface area contributed by atoms with E-state index in [2.05, 4.69) is 16.0 Å². The average molecular weight is 620 g/mol. The van der Waals surface area contributed by atoms with Crippen molar-refractivity contribution in [1.82, 2.24) is 0 Å². The number of Topliss-reactive ketones (excluding diaryl/α,β-unsaturated/α-hetero) is 1. The second-order valence-electron chi connectivity index (χ2n) is 8.78. The van der Waals surface area contributed by atoms with Crippen LogP contribution in [0.4, 0.5) is 22.7 Å². The number of phenolic OH excluding ortho intramolecular Hbond substituents is 1. The quantitative estimate of drug-likeness (QED) is 0.115.